The van der Waals surface area contributed by atoms with E-state index in [1.807, 2.05) is 49.4 Å². The maximum absolute atomic E-state index is 13.3. The summed E-state index contributed by atoms with van der Waals surface area (Å²) >= 11 is 1.26. The van der Waals surface area contributed by atoms with Crippen LogP contribution in [-0.2, 0) is 4.79 Å². The topological polar surface area (TPSA) is 88.3 Å². The van der Waals surface area contributed by atoms with Gasteiger partial charge in [0.25, 0.3) is 5.91 Å². The lowest BCUT2D eigenvalue weighted by Gasteiger charge is -2.28. The fraction of sp³-hybridized carbons (Fsp3) is 0.0952. The summed E-state index contributed by atoms with van der Waals surface area (Å²) in [7, 11) is 0. The van der Waals surface area contributed by atoms with Crippen LogP contribution in [0.1, 0.15) is 15.2 Å². The number of pyridine rings is 1. The Morgan fingerprint density at radius 3 is 2.89 bits per heavy atom. The lowest BCUT2D eigenvalue weighted by atomic mass is 10.1. The Morgan fingerprint density at radius 1 is 1.21 bits per heavy atom. The fourth-order valence-electron chi connectivity index (χ4n) is 3.52. The molecule has 0 radical (unpaired) electrons. The third-order valence-electron chi connectivity index (χ3n) is 4.88. The normalized spacial score (nSPS) is 13.6. The predicted molar refractivity (Wildman–Crippen MR) is 113 cm³/mol. The van der Waals surface area contributed by atoms with Crippen LogP contribution in [-0.4, -0.2) is 23.3 Å². The largest absolute Gasteiger partial charge is 0.397 e. The number of anilines is 3. The molecule has 138 valence electrons. The van der Waals surface area contributed by atoms with Crippen molar-refractivity contribution >= 4 is 61.3 Å². The third kappa shape index (κ3) is 2.51. The molecule has 0 unspecified atom stereocenters. The van der Waals surface area contributed by atoms with E-state index >= 15 is 0 Å². The van der Waals surface area contributed by atoms with Gasteiger partial charge in [0.2, 0.25) is 5.91 Å². The first-order valence-electron chi connectivity index (χ1n) is 8.81. The second-order valence-electron chi connectivity index (χ2n) is 6.84. The van der Waals surface area contributed by atoms with Crippen LogP contribution in [0.25, 0.3) is 21.1 Å². The van der Waals surface area contributed by atoms with Crippen LogP contribution in [0.2, 0.25) is 0 Å². The van der Waals surface area contributed by atoms with Crippen molar-refractivity contribution in [3.63, 3.8) is 0 Å². The zero-order chi connectivity index (χ0) is 19.4. The molecule has 2 aromatic carbocycles. The number of nitrogen functional groups attached to an aromatic ring is 1. The molecule has 4 aromatic rings. The average molecular weight is 388 g/mol. The van der Waals surface area contributed by atoms with Crippen molar-refractivity contribution in [2.75, 3.05) is 22.5 Å². The van der Waals surface area contributed by atoms with Crippen molar-refractivity contribution in [1.29, 1.82) is 0 Å². The minimum Gasteiger partial charge on any atom is -0.397 e. The number of benzene rings is 2. The zero-order valence-corrected chi connectivity index (χ0v) is 15.8. The molecule has 0 fully saturated rings. The van der Waals surface area contributed by atoms with Gasteiger partial charge in [0, 0.05) is 10.8 Å². The quantitative estimate of drug-likeness (QED) is 0.517. The molecule has 3 heterocycles. The molecule has 0 aliphatic carbocycles. The SMILES string of the molecule is Cc1ccc2nc3sc(C(=O)N4CC(=O)Nc5ccccc54)c(N)c3cc2c1. The molecule has 2 amide bonds. The molecule has 1 aliphatic heterocycles. The van der Waals surface area contributed by atoms with Gasteiger partial charge in [-0.3, -0.25) is 14.5 Å². The van der Waals surface area contributed by atoms with Crippen molar-refractivity contribution in [2.24, 2.45) is 0 Å². The Hall–Kier alpha value is -3.45. The number of nitrogens with one attached hydrogen (secondary N) is 1. The molecule has 5 rings (SSSR count). The maximum Gasteiger partial charge on any atom is 0.271 e. The van der Waals surface area contributed by atoms with Gasteiger partial charge >= 0.3 is 0 Å². The van der Waals surface area contributed by atoms with Crippen molar-refractivity contribution in [2.45, 2.75) is 6.92 Å². The number of para-hydroxylation sites is 2. The van der Waals surface area contributed by atoms with Crippen LogP contribution < -0.4 is 16.0 Å². The number of aromatic nitrogens is 1. The van der Waals surface area contributed by atoms with Crippen molar-refractivity contribution in [3.05, 3.63) is 59.0 Å². The Kier molecular flexibility index (Phi) is 3.60. The first-order valence-corrected chi connectivity index (χ1v) is 9.63. The molecule has 0 bridgehead atoms. The molecule has 3 N–H and O–H groups in total. The van der Waals surface area contributed by atoms with Gasteiger partial charge in [-0.15, -0.1) is 11.3 Å². The number of nitrogens with zero attached hydrogens (tertiary/aromatic N) is 2. The molecule has 1 aliphatic rings. The summed E-state index contributed by atoms with van der Waals surface area (Å²) in [6, 6.07) is 15.2. The number of thiophene rings is 1. The van der Waals surface area contributed by atoms with Gasteiger partial charge < -0.3 is 11.1 Å². The van der Waals surface area contributed by atoms with E-state index in [0.717, 1.165) is 21.9 Å². The third-order valence-corrected chi connectivity index (χ3v) is 5.98. The van der Waals surface area contributed by atoms with E-state index in [9.17, 15) is 9.59 Å². The van der Waals surface area contributed by atoms with Gasteiger partial charge in [-0.2, -0.15) is 0 Å². The number of carbonyl (C=O) groups excluding carboxylic acids is 2. The minimum absolute atomic E-state index is 0.0435. The molecular weight excluding hydrogens is 372 g/mol. The smallest absolute Gasteiger partial charge is 0.271 e. The lowest BCUT2D eigenvalue weighted by Crippen LogP contribution is -2.42. The standard InChI is InChI=1S/C21H16N4O2S/c1-11-6-7-14-12(8-11)9-13-18(22)19(28-20(13)24-14)21(27)25-10-17(26)23-15-4-2-3-5-16(15)25/h2-9H,10,22H2,1H3,(H,23,26). The minimum atomic E-state index is -0.289. The summed E-state index contributed by atoms with van der Waals surface area (Å²) in [4.78, 5) is 32.6. The lowest BCUT2D eigenvalue weighted by molar-refractivity contribution is -0.115. The Morgan fingerprint density at radius 2 is 2.04 bits per heavy atom. The van der Waals surface area contributed by atoms with Gasteiger partial charge in [-0.05, 0) is 37.3 Å². The van der Waals surface area contributed by atoms with Crippen LogP contribution >= 0.6 is 11.3 Å². The molecule has 0 spiro atoms. The van der Waals surface area contributed by atoms with Crippen molar-refractivity contribution < 1.29 is 9.59 Å². The number of aryl methyl sites for hydroxylation is 1. The monoisotopic (exact) mass is 388 g/mol. The highest BCUT2D eigenvalue weighted by molar-refractivity contribution is 7.21. The second-order valence-corrected chi connectivity index (χ2v) is 7.84. The van der Waals surface area contributed by atoms with Gasteiger partial charge in [-0.25, -0.2) is 4.98 Å². The van der Waals surface area contributed by atoms with Gasteiger partial charge in [-0.1, -0.05) is 23.8 Å². The number of hydrogen-bond donors (Lipinski definition) is 2. The molecular formula is C21H16N4O2S. The van der Waals surface area contributed by atoms with E-state index in [-0.39, 0.29) is 18.4 Å². The van der Waals surface area contributed by atoms with E-state index < -0.39 is 0 Å². The van der Waals surface area contributed by atoms with Gasteiger partial charge in [0.1, 0.15) is 16.3 Å². The Bertz CT molecular complexity index is 1290. The first-order chi connectivity index (χ1) is 13.5. The number of nitrogens with two attached hydrogens (primary N) is 1. The highest BCUT2D eigenvalue weighted by Gasteiger charge is 2.30. The van der Waals surface area contributed by atoms with E-state index in [1.54, 1.807) is 6.07 Å². The van der Waals surface area contributed by atoms with Crippen LogP contribution in [0, 0.1) is 6.92 Å². The van der Waals surface area contributed by atoms with Crippen LogP contribution in [0.4, 0.5) is 17.1 Å². The van der Waals surface area contributed by atoms with E-state index in [2.05, 4.69) is 10.3 Å². The molecule has 6 nitrogen and oxygen atoms in total. The average Bonchev–Trinajstić information content (AvgIpc) is 3.01. The summed E-state index contributed by atoms with van der Waals surface area (Å²) < 4.78 is 0. The molecule has 28 heavy (non-hydrogen) atoms. The summed E-state index contributed by atoms with van der Waals surface area (Å²) in [6.07, 6.45) is 0. The summed E-state index contributed by atoms with van der Waals surface area (Å²) in [5.74, 6) is -0.519. The van der Waals surface area contributed by atoms with E-state index in [4.69, 9.17) is 5.73 Å². The molecule has 0 saturated heterocycles. The number of carbonyl (C=O) groups is 2. The fourth-order valence-corrected chi connectivity index (χ4v) is 4.55. The van der Waals surface area contributed by atoms with Crippen LogP contribution in [0.5, 0.6) is 0 Å². The summed E-state index contributed by atoms with van der Waals surface area (Å²) in [5, 5.41) is 4.54. The molecule has 7 heteroatoms. The molecule has 2 aromatic heterocycles. The Labute approximate surface area is 164 Å². The Balaban J connectivity index is 1.65. The highest BCUT2D eigenvalue weighted by Crippen LogP contribution is 2.38. The predicted octanol–water partition coefficient (Wildman–Crippen LogP) is 3.94. The van der Waals surface area contributed by atoms with E-state index in [0.29, 0.717) is 26.8 Å². The van der Waals surface area contributed by atoms with Crippen molar-refractivity contribution in [3.8, 4) is 0 Å². The number of fused-ring (bicyclic) bond motifs is 3. The maximum atomic E-state index is 13.3. The van der Waals surface area contributed by atoms with Crippen LogP contribution in [0.15, 0.2) is 48.5 Å². The summed E-state index contributed by atoms with van der Waals surface area (Å²) in [6.45, 7) is 1.98. The molecule has 0 saturated carbocycles. The zero-order valence-electron chi connectivity index (χ0n) is 15.0. The van der Waals surface area contributed by atoms with Crippen molar-refractivity contribution in [1.82, 2.24) is 4.98 Å². The highest BCUT2D eigenvalue weighted by atomic mass is 32.1. The number of amides is 2. The summed E-state index contributed by atoms with van der Waals surface area (Å²) in [5.41, 5.74) is 10.0. The molecule has 0 atom stereocenters. The number of hydrogen-bond acceptors (Lipinski definition) is 5. The first kappa shape index (κ1) is 16.7. The van der Waals surface area contributed by atoms with Gasteiger partial charge in [0.05, 0.1) is 22.6 Å². The second kappa shape index (κ2) is 6.03. The van der Waals surface area contributed by atoms with Gasteiger partial charge in [0.15, 0.2) is 0 Å². The van der Waals surface area contributed by atoms with E-state index in [1.165, 1.54) is 16.2 Å². The van der Waals surface area contributed by atoms with Crippen LogP contribution in [0.3, 0.4) is 0 Å². The number of rotatable bonds is 1.